The topological polar surface area (TPSA) is 128 Å². The first-order valence-electron chi connectivity index (χ1n) is 7.10. The Bertz CT molecular complexity index is 788. The number of hydrogen-bond acceptors (Lipinski definition) is 7. The molecule has 8 heteroatoms. The number of rotatable bonds is 6. The predicted molar refractivity (Wildman–Crippen MR) is 92.4 cm³/mol. The molecule has 1 aromatic carbocycles. The maximum Gasteiger partial charge on any atom is 0.239 e. The van der Waals surface area contributed by atoms with Crippen molar-refractivity contribution in [3.05, 3.63) is 48.7 Å². The zero-order valence-corrected chi connectivity index (χ0v) is 13.2. The van der Waals surface area contributed by atoms with Crippen molar-refractivity contribution in [3.8, 4) is 5.75 Å². The van der Waals surface area contributed by atoms with Crippen LogP contribution in [0.25, 0.3) is 0 Å². The molecular formula is C16H18N6O2. The average molecular weight is 326 g/mol. The van der Waals surface area contributed by atoms with Crippen LogP contribution < -0.4 is 21.5 Å². The molecule has 5 N–H and O–H groups in total. The fourth-order valence-electron chi connectivity index (χ4n) is 1.74. The number of nitrogen functional groups attached to an aromatic ring is 1. The number of pyridine rings is 1. The van der Waals surface area contributed by atoms with Crippen molar-refractivity contribution in [2.45, 2.75) is 6.92 Å². The van der Waals surface area contributed by atoms with E-state index in [1.807, 2.05) is 12.1 Å². The maximum absolute atomic E-state index is 11.2. The summed E-state index contributed by atoms with van der Waals surface area (Å²) in [6, 6.07) is 10.3. The highest BCUT2D eigenvalue weighted by Crippen LogP contribution is 2.31. The van der Waals surface area contributed by atoms with E-state index in [0.29, 0.717) is 28.7 Å². The maximum atomic E-state index is 11.2. The van der Waals surface area contributed by atoms with E-state index in [9.17, 15) is 4.79 Å². The molecule has 1 amide bonds. The number of allylic oxidation sites excluding steroid dienone is 1. The van der Waals surface area contributed by atoms with Crippen molar-refractivity contribution >= 4 is 28.9 Å². The lowest BCUT2D eigenvalue weighted by Crippen LogP contribution is -2.22. The zero-order chi connectivity index (χ0) is 17.5. The summed E-state index contributed by atoms with van der Waals surface area (Å²) in [6.45, 7) is 5.30. The largest absolute Gasteiger partial charge is 0.460 e. The van der Waals surface area contributed by atoms with Gasteiger partial charge in [0, 0.05) is 0 Å². The van der Waals surface area contributed by atoms with Gasteiger partial charge in [-0.3, -0.25) is 4.79 Å². The van der Waals surface area contributed by atoms with Gasteiger partial charge in [-0.05, 0) is 31.2 Å². The molecule has 8 nitrogen and oxygen atoms in total. The molecule has 0 unspecified atom stereocenters. The molecule has 1 aromatic heterocycles. The monoisotopic (exact) mass is 326 g/mol. The van der Waals surface area contributed by atoms with Gasteiger partial charge < -0.3 is 21.5 Å². The average Bonchev–Trinajstić information content (AvgIpc) is 2.54. The number of azo groups is 1. The predicted octanol–water partition coefficient (Wildman–Crippen LogP) is 2.89. The van der Waals surface area contributed by atoms with Crippen molar-refractivity contribution in [1.82, 2.24) is 4.98 Å². The number of carbonyl (C=O) groups is 1. The van der Waals surface area contributed by atoms with E-state index in [-0.39, 0.29) is 18.3 Å². The lowest BCUT2D eigenvalue weighted by atomic mass is 10.3. The number of carbonyl (C=O) groups excluding carboxylic acids is 1. The third kappa shape index (κ3) is 4.62. The second-order valence-electron chi connectivity index (χ2n) is 4.82. The van der Waals surface area contributed by atoms with E-state index in [0.717, 1.165) is 0 Å². The summed E-state index contributed by atoms with van der Waals surface area (Å²) < 4.78 is 5.48. The van der Waals surface area contributed by atoms with Gasteiger partial charge >= 0.3 is 0 Å². The minimum atomic E-state index is -0.359. The molecule has 0 saturated carbocycles. The minimum Gasteiger partial charge on any atom is -0.460 e. The Morgan fingerprint density at radius 3 is 2.62 bits per heavy atom. The number of nitrogens with two attached hydrogens (primary N) is 2. The van der Waals surface area contributed by atoms with Gasteiger partial charge in [-0.15, -0.1) is 10.2 Å². The molecule has 2 aromatic rings. The van der Waals surface area contributed by atoms with E-state index in [2.05, 4.69) is 27.1 Å². The van der Waals surface area contributed by atoms with E-state index >= 15 is 0 Å². The fraction of sp³-hybridized carbons (Fsp3) is 0.125. The molecule has 0 fully saturated rings. The summed E-state index contributed by atoms with van der Waals surface area (Å²) in [7, 11) is 0. The van der Waals surface area contributed by atoms with Crippen LogP contribution in [0.2, 0.25) is 0 Å². The Kier molecular flexibility index (Phi) is 5.58. The summed E-state index contributed by atoms with van der Waals surface area (Å²) in [6.07, 6.45) is 0. The van der Waals surface area contributed by atoms with Crippen LogP contribution in [0, 0.1) is 0 Å². The van der Waals surface area contributed by atoms with E-state index in [1.165, 1.54) is 0 Å². The summed E-state index contributed by atoms with van der Waals surface area (Å²) in [5.74, 6) is 1.15. The first-order chi connectivity index (χ1) is 11.5. The minimum absolute atomic E-state index is 0.131. The highest BCUT2D eigenvalue weighted by Gasteiger charge is 2.06. The second-order valence-corrected chi connectivity index (χ2v) is 4.82. The number of ether oxygens (including phenoxy) is 1. The van der Waals surface area contributed by atoms with Crippen LogP contribution in [0.1, 0.15) is 6.92 Å². The third-order valence-electron chi connectivity index (χ3n) is 2.77. The fourth-order valence-corrected chi connectivity index (χ4v) is 1.74. The SMILES string of the molecule is C=C(C)Oc1ccccc1N=Nc1ccc(NC(=O)CN)nc1N. The molecule has 124 valence electrons. The summed E-state index contributed by atoms with van der Waals surface area (Å²) >= 11 is 0. The van der Waals surface area contributed by atoms with E-state index in [1.54, 1.807) is 31.2 Å². The number of para-hydroxylation sites is 1. The number of amides is 1. The lowest BCUT2D eigenvalue weighted by Gasteiger charge is -2.07. The van der Waals surface area contributed by atoms with Crippen molar-refractivity contribution in [2.75, 3.05) is 17.6 Å². The van der Waals surface area contributed by atoms with E-state index < -0.39 is 0 Å². The molecule has 0 saturated heterocycles. The van der Waals surface area contributed by atoms with Crippen molar-refractivity contribution in [3.63, 3.8) is 0 Å². The summed E-state index contributed by atoms with van der Waals surface area (Å²) in [5.41, 5.74) is 11.9. The molecule has 2 rings (SSSR count). The highest BCUT2D eigenvalue weighted by molar-refractivity contribution is 5.91. The first kappa shape index (κ1) is 17.1. The molecule has 0 atom stereocenters. The lowest BCUT2D eigenvalue weighted by molar-refractivity contribution is -0.114. The zero-order valence-electron chi connectivity index (χ0n) is 13.2. The Morgan fingerprint density at radius 1 is 1.25 bits per heavy atom. The molecule has 0 bridgehead atoms. The van der Waals surface area contributed by atoms with E-state index in [4.69, 9.17) is 16.2 Å². The van der Waals surface area contributed by atoms with Crippen LogP contribution in [0.5, 0.6) is 5.75 Å². The Morgan fingerprint density at radius 2 is 1.96 bits per heavy atom. The second kappa shape index (κ2) is 7.84. The van der Waals surface area contributed by atoms with Gasteiger partial charge in [0.2, 0.25) is 5.91 Å². The number of nitrogens with zero attached hydrogens (tertiary/aromatic N) is 3. The molecule has 24 heavy (non-hydrogen) atoms. The first-order valence-corrected chi connectivity index (χ1v) is 7.10. The van der Waals surface area contributed by atoms with Crippen molar-refractivity contribution in [1.29, 1.82) is 0 Å². The van der Waals surface area contributed by atoms with Crippen LogP contribution in [-0.2, 0) is 4.79 Å². The number of nitrogens with one attached hydrogen (secondary N) is 1. The smallest absolute Gasteiger partial charge is 0.239 e. The van der Waals surface area contributed by atoms with Gasteiger partial charge in [0.1, 0.15) is 17.2 Å². The van der Waals surface area contributed by atoms with Crippen LogP contribution in [0.15, 0.2) is 59.0 Å². The Labute approximate surface area is 139 Å². The molecule has 0 spiro atoms. The molecule has 0 aliphatic rings. The van der Waals surface area contributed by atoms with Gasteiger partial charge in [0.15, 0.2) is 11.6 Å². The molecule has 0 aliphatic heterocycles. The van der Waals surface area contributed by atoms with Crippen LogP contribution in [-0.4, -0.2) is 17.4 Å². The summed E-state index contributed by atoms with van der Waals surface area (Å²) in [4.78, 5) is 15.3. The van der Waals surface area contributed by atoms with Crippen LogP contribution in [0.3, 0.4) is 0 Å². The Hall–Kier alpha value is -3.26. The number of anilines is 2. The Balaban J connectivity index is 2.21. The standard InChI is InChI=1S/C16H18N6O2/c1-10(2)24-13-6-4-3-5-11(13)21-22-12-7-8-14(20-16(12)18)19-15(23)9-17/h3-8H,1,9,17H2,2H3,(H3,18,19,20,23). The third-order valence-corrected chi connectivity index (χ3v) is 2.77. The van der Waals surface area contributed by atoms with Crippen molar-refractivity contribution < 1.29 is 9.53 Å². The molecule has 0 radical (unpaired) electrons. The quantitative estimate of drug-likeness (QED) is 0.555. The molecule has 1 heterocycles. The van der Waals surface area contributed by atoms with Crippen molar-refractivity contribution in [2.24, 2.45) is 16.0 Å². The normalized spacial score (nSPS) is 10.6. The van der Waals surface area contributed by atoms with Crippen LogP contribution in [0.4, 0.5) is 23.0 Å². The highest BCUT2D eigenvalue weighted by atomic mass is 16.5. The van der Waals surface area contributed by atoms with Gasteiger partial charge in [-0.25, -0.2) is 4.98 Å². The van der Waals surface area contributed by atoms with Gasteiger partial charge in [-0.1, -0.05) is 18.7 Å². The number of benzene rings is 1. The summed E-state index contributed by atoms with van der Waals surface area (Å²) in [5, 5.41) is 10.7. The number of aromatic nitrogens is 1. The number of hydrogen-bond donors (Lipinski definition) is 3. The van der Waals surface area contributed by atoms with Gasteiger partial charge in [0.25, 0.3) is 0 Å². The van der Waals surface area contributed by atoms with Crippen LogP contribution >= 0.6 is 0 Å². The van der Waals surface area contributed by atoms with Gasteiger partial charge in [-0.2, -0.15) is 0 Å². The molecular weight excluding hydrogens is 308 g/mol. The van der Waals surface area contributed by atoms with Gasteiger partial charge in [0.05, 0.1) is 12.3 Å². The molecule has 0 aliphatic carbocycles.